The Kier molecular flexibility index (Phi) is 3.17. The van der Waals surface area contributed by atoms with Crippen molar-refractivity contribution in [2.75, 3.05) is 7.11 Å². The molecule has 0 amide bonds. The molecule has 0 radical (unpaired) electrons. The highest BCUT2D eigenvalue weighted by Gasteiger charge is 2.26. The third-order valence-corrected chi connectivity index (χ3v) is 4.11. The maximum atomic E-state index is 6.47. The molecule has 0 saturated carbocycles. The van der Waals surface area contributed by atoms with Crippen LogP contribution in [0.4, 0.5) is 0 Å². The van der Waals surface area contributed by atoms with Crippen LogP contribution >= 0.6 is 0 Å². The van der Waals surface area contributed by atoms with Crippen LogP contribution in [-0.4, -0.2) is 12.1 Å². The van der Waals surface area contributed by atoms with Crippen molar-refractivity contribution in [3.63, 3.8) is 0 Å². The number of nitrogens with zero attached hydrogens (tertiary/aromatic N) is 1. The van der Waals surface area contributed by atoms with E-state index >= 15 is 0 Å². The maximum absolute atomic E-state index is 6.47. The second kappa shape index (κ2) is 4.74. The van der Waals surface area contributed by atoms with Crippen molar-refractivity contribution in [1.82, 2.24) is 4.98 Å². The van der Waals surface area contributed by atoms with Crippen molar-refractivity contribution in [2.45, 2.75) is 45.1 Å². The molecule has 106 valence electrons. The summed E-state index contributed by atoms with van der Waals surface area (Å²) in [6.45, 7) is 4.16. The van der Waals surface area contributed by atoms with Crippen LogP contribution < -0.4 is 10.5 Å². The molecule has 0 atom stereocenters. The molecule has 0 bridgehead atoms. The van der Waals surface area contributed by atoms with Crippen LogP contribution in [0, 0.1) is 0 Å². The Morgan fingerprint density at radius 1 is 1.20 bits per heavy atom. The van der Waals surface area contributed by atoms with E-state index in [1.54, 1.807) is 7.11 Å². The minimum atomic E-state index is -0.366. The number of benzene rings is 1. The fraction of sp³-hybridized carbons (Fsp3) is 0.471. The van der Waals surface area contributed by atoms with E-state index in [1.807, 2.05) is 12.1 Å². The molecule has 0 aliphatic heterocycles. The van der Waals surface area contributed by atoms with Gasteiger partial charge >= 0.3 is 0 Å². The van der Waals surface area contributed by atoms with E-state index < -0.39 is 0 Å². The number of aromatic nitrogens is 1. The highest BCUT2D eigenvalue weighted by Crippen LogP contribution is 2.36. The quantitative estimate of drug-likeness (QED) is 0.910. The zero-order valence-corrected chi connectivity index (χ0v) is 12.5. The second-order valence-electron chi connectivity index (χ2n) is 6.22. The number of aryl methyl sites for hydroxylation is 1. The molecular formula is C17H22N2O. The Morgan fingerprint density at radius 3 is 2.65 bits per heavy atom. The fourth-order valence-electron chi connectivity index (χ4n) is 3.27. The summed E-state index contributed by atoms with van der Waals surface area (Å²) in [6, 6.07) is 6.08. The number of pyridine rings is 1. The van der Waals surface area contributed by atoms with Gasteiger partial charge in [0.05, 0.1) is 12.6 Å². The average Bonchev–Trinajstić information content (AvgIpc) is 2.42. The van der Waals surface area contributed by atoms with Crippen molar-refractivity contribution in [2.24, 2.45) is 5.73 Å². The molecular weight excluding hydrogens is 248 g/mol. The number of hydrogen-bond donors (Lipinski definition) is 1. The number of methoxy groups -OCH3 is 1. The van der Waals surface area contributed by atoms with Gasteiger partial charge < -0.3 is 10.5 Å². The third-order valence-electron chi connectivity index (χ3n) is 4.11. The molecule has 1 aliphatic carbocycles. The summed E-state index contributed by atoms with van der Waals surface area (Å²) in [6.07, 6.45) is 4.62. The first-order valence-corrected chi connectivity index (χ1v) is 7.29. The van der Waals surface area contributed by atoms with Crippen LogP contribution in [-0.2, 0) is 18.4 Å². The lowest BCUT2D eigenvalue weighted by molar-refractivity contribution is 0.415. The first-order valence-electron chi connectivity index (χ1n) is 7.29. The summed E-state index contributed by atoms with van der Waals surface area (Å²) in [4.78, 5) is 4.85. The first kappa shape index (κ1) is 13.4. The van der Waals surface area contributed by atoms with Gasteiger partial charge in [0.25, 0.3) is 0 Å². The van der Waals surface area contributed by atoms with Gasteiger partial charge in [-0.2, -0.15) is 0 Å². The van der Waals surface area contributed by atoms with Gasteiger partial charge in [-0.3, -0.25) is 4.98 Å². The number of hydrogen-bond acceptors (Lipinski definition) is 3. The summed E-state index contributed by atoms with van der Waals surface area (Å²) in [5.41, 5.74) is 11.0. The molecule has 1 aliphatic rings. The van der Waals surface area contributed by atoms with Crippen molar-refractivity contribution in [1.29, 1.82) is 0 Å². The fourth-order valence-corrected chi connectivity index (χ4v) is 3.27. The molecule has 0 fully saturated rings. The van der Waals surface area contributed by atoms with Gasteiger partial charge in [-0.25, -0.2) is 0 Å². The highest BCUT2D eigenvalue weighted by atomic mass is 16.5. The minimum Gasteiger partial charge on any atom is -0.497 e. The predicted molar refractivity (Wildman–Crippen MR) is 82.2 cm³/mol. The van der Waals surface area contributed by atoms with Crippen LogP contribution in [0.1, 0.15) is 43.5 Å². The molecule has 1 aromatic heterocycles. The number of nitrogens with two attached hydrogens (primary N) is 1. The second-order valence-corrected chi connectivity index (χ2v) is 6.22. The Balaban J connectivity index is 2.38. The Labute approximate surface area is 120 Å². The van der Waals surface area contributed by atoms with Crippen molar-refractivity contribution >= 4 is 10.9 Å². The van der Waals surface area contributed by atoms with Gasteiger partial charge in [0.2, 0.25) is 0 Å². The Hall–Kier alpha value is -1.61. The SMILES string of the molecule is COc1ccc2nc3c(c(C(C)(C)N)c2c1)CCCC3. The molecule has 0 saturated heterocycles. The van der Waals surface area contributed by atoms with Crippen molar-refractivity contribution in [3.05, 3.63) is 35.0 Å². The van der Waals surface area contributed by atoms with Gasteiger partial charge in [-0.1, -0.05) is 0 Å². The minimum absolute atomic E-state index is 0.366. The van der Waals surface area contributed by atoms with E-state index in [1.165, 1.54) is 29.7 Å². The lowest BCUT2D eigenvalue weighted by Crippen LogP contribution is -2.31. The van der Waals surface area contributed by atoms with E-state index in [0.29, 0.717) is 0 Å². The molecule has 1 aromatic carbocycles. The molecule has 0 spiro atoms. The van der Waals surface area contributed by atoms with E-state index in [0.717, 1.165) is 29.5 Å². The average molecular weight is 270 g/mol. The molecule has 3 nitrogen and oxygen atoms in total. The van der Waals surface area contributed by atoms with E-state index in [2.05, 4.69) is 19.9 Å². The summed E-state index contributed by atoms with van der Waals surface area (Å²) in [7, 11) is 1.69. The standard InChI is InChI=1S/C17H22N2O/c1-17(2,18)16-12-6-4-5-7-14(12)19-15-9-8-11(20-3)10-13(15)16/h8-10H,4-7,18H2,1-3H3. The molecule has 2 N–H and O–H groups in total. The van der Waals surface area contributed by atoms with Gasteiger partial charge in [-0.05, 0) is 68.9 Å². The molecule has 0 unspecified atom stereocenters. The molecule has 2 aromatic rings. The largest absolute Gasteiger partial charge is 0.497 e. The first-order chi connectivity index (χ1) is 9.50. The predicted octanol–water partition coefficient (Wildman–Crippen LogP) is 3.32. The van der Waals surface area contributed by atoms with Crippen LogP contribution in [0.15, 0.2) is 18.2 Å². The Morgan fingerprint density at radius 2 is 1.95 bits per heavy atom. The van der Waals surface area contributed by atoms with Crippen LogP contribution in [0.5, 0.6) is 5.75 Å². The van der Waals surface area contributed by atoms with Crippen LogP contribution in [0.2, 0.25) is 0 Å². The van der Waals surface area contributed by atoms with Crippen LogP contribution in [0.3, 0.4) is 0 Å². The zero-order chi connectivity index (χ0) is 14.3. The zero-order valence-electron chi connectivity index (χ0n) is 12.5. The van der Waals surface area contributed by atoms with E-state index in [-0.39, 0.29) is 5.54 Å². The normalized spacial score (nSPS) is 15.2. The summed E-state index contributed by atoms with van der Waals surface area (Å²) >= 11 is 0. The summed E-state index contributed by atoms with van der Waals surface area (Å²) in [5, 5.41) is 1.14. The monoisotopic (exact) mass is 270 g/mol. The number of fused-ring (bicyclic) bond motifs is 2. The topological polar surface area (TPSA) is 48.1 Å². The molecule has 3 heteroatoms. The van der Waals surface area contributed by atoms with E-state index in [4.69, 9.17) is 15.5 Å². The van der Waals surface area contributed by atoms with Crippen LogP contribution in [0.25, 0.3) is 10.9 Å². The van der Waals surface area contributed by atoms with Crippen molar-refractivity contribution in [3.8, 4) is 5.75 Å². The third kappa shape index (κ3) is 2.16. The molecule has 3 rings (SSSR count). The lowest BCUT2D eigenvalue weighted by Gasteiger charge is -2.29. The molecule has 20 heavy (non-hydrogen) atoms. The smallest absolute Gasteiger partial charge is 0.119 e. The number of rotatable bonds is 2. The Bertz CT molecular complexity index is 656. The van der Waals surface area contributed by atoms with Crippen molar-refractivity contribution < 1.29 is 4.74 Å². The summed E-state index contributed by atoms with van der Waals surface area (Å²) in [5.74, 6) is 0.862. The van der Waals surface area contributed by atoms with E-state index in [9.17, 15) is 0 Å². The lowest BCUT2D eigenvalue weighted by atomic mass is 9.82. The highest BCUT2D eigenvalue weighted by molar-refractivity contribution is 5.86. The van der Waals surface area contributed by atoms with Gasteiger partial charge in [0.15, 0.2) is 0 Å². The number of ether oxygens (including phenoxy) is 1. The van der Waals surface area contributed by atoms with Gasteiger partial charge in [-0.15, -0.1) is 0 Å². The van der Waals surface area contributed by atoms with Gasteiger partial charge in [0, 0.05) is 16.6 Å². The maximum Gasteiger partial charge on any atom is 0.119 e. The van der Waals surface area contributed by atoms with Gasteiger partial charge in [0.1, 0.15) is 5.75 Å². The molecule has 1 heterocycles. The summed E-state index contributed by atoms with van der Waals surface area (Å²) < 4.78 is 5.37.